The molecule has 3 N–H and O–H groups in total. The van der Waals surface area contributed by atoms with Gasteiger partial charge in [0.05, 0.1) is 18.2 Å². The minimum absolute atomic E-state index is 0.218. The van der Waals surface area contributed by atoms with E-state index in [1.807, 2.05) is 19.1 Å². The van der Waals surface area contributed by atoms with E-state index in [0.29, 0.717) is 45.5 Å². The first-order valence-corrected chi connectivity index (χ1v) is 13.1. The number of carbonyl (C=O) groups excluding carboxylic acids is 2. The van der Waals surface area contributed by atoms with Crippen molar-refractivity contribution in [1.82, 2.24) is 10.2 Å². The molecule has 3 rings (SSSR count). The summed E-state index contributed by atoms with van der Waals surface area (Å²) in [6, 6.07) is 10.9. The van der Waals surface area contributed by atoms with Gasteiger partial charge >= 0.3 is 0 Å². The minimum atomic E-state index is -0.565. The summed E-state index contributed by atoms with van der Waals surface area (Å²) in [5, 5.41) is 3.29. The van der Waals surface area contributed by atoms with Crippen LogP contribution < -0.4 is 25.3 Å². The van der Waals surface area contributed by atoms with Gasteiger partial charge in [-0.25, -0.2) is 0 Å². The third kappa shape index (κ3) is 7.57. The van der Waals surface area contributed by atoms with Crippen LogP contribution in [0.2, 0.25) is 0 Å². The molecule has 194 valence electrons. The lowest BCUT2D eigenvalue weighted by Gasteiger charge is -2.36. The van der Waals surface area contributed by atoms with Crippen LogP contribution in [0.4, 0.5) is 0 Å². The molecule has 1 saturated carbocycles. The first-order valence-electron chi connectivity index (χ1n) is 11.9. The fourth-order valence-electron chi connectivity index (χ4n) is 4.19. The van der Waals surface area contributed by atoms with E-state index in [0.717, 1.165) is 31.2 Å². The zero-order valence-corrected chi connectivity index (χ0v) is 23.0. The summed E-state index contributed by atoms with van der Waals surface area (Å²) >= 11 is 9.20. The fourth-order valence-corrected chi connectivity index (χ4v) is 4.99. The van der Waals surface area contributed by atoms with Crippen molar-refractivity contribution in [1.29, 1.82) is 0 Å². The number of hydrogen-bond acceptors (Lipinski definition) is 6. The second kappa shape index (κ2) is 13.5. The Hall–Kier alpha value is -2.85. The molecule has 1 fully saturated rings. The number of methoxy groups -OCH3 is 1. The van der Waals surface area contributed by atoms with Crippen LogP contribution in [0.15, 0.2) is 40.9 Å². The van der Waals surface area contributed by atoms with Crippen LogP contribution in [0.3, 0.4) is 0 Å². The number of benzene rings is 2. The number of hydrogen-bond donors (Lipinski definition) is 2. The van der Waals surface area contributed by atoms with Crippen LogP contribution in [-0.2, 0) is 11.3 Å². The molecule has 0 aliphatic heterocycles. The van der Waals surface area contributed by atoms with Gasteiger partial charge in [-0.2, -0.15) is 0 Å². The summed E-state index contributed by atoms with van der Waals surface area (Å²) in [4.78, 5) is 26.2. The third-order valence-corrected chi connectivity index (χ3v) is 6.90. The van der Waals surface area contributed by atoms with Crippen LogP contribution in [0.25, 0.3) is 0 Å². The number of rotatable bonds is 10. The molecule has 8 nitrogen and oxygen atoms in total. The van der Waals surface area contributed by atoms with Gasteiger partial charge in [0.2, 0.25) is 0 Å². The Morgan fingerprint density at radius 2 is 1.81 bits per heavy atom. The van der Waals surface area contributed by atoms with Gasteiger partial charge in [0.1, 0.15) is 5.75 Å². The molecule has 1 aliphatic carbocycles. The van der Waals surface area contributed by atoms with Gasteiger partial charge in [0, 0.05) is 18.2 Å². The zero-order chi connectivity index (χ0) is 26.1. The summed E-state index contributed by atoms with van der Waals surface area (Å²) in [7, 11) is 1.54. The van der Waals surface area contributed by atoms with Crippen molar-refractivity contribution in [3.63, 3.8) is 0 Å². The van der Waals surface area contributed by atoms with E-state index in [1.54, 1.807) is 24.3 Å². The maximum Gasteiger partial charge on any atom is 0.257 e. The Labute approximate surface area is 225 Å². The first kappa shape index (κ1) is 27.7. The van der Waals surface area contributed by atoms with Gasteiger partial charge in [0.15, 0.2) is 23.2 Å². The van der Waals surface area contributed by atoms with Crippen LogP contribution in [0.5, 0.6) is 17.2 Å². The highest BCUT2D eigenvalue weighted by atomic mass is 79.9. The van der Waals surface area contributed by atoms with E-state index in [9.17, 15) is 9.59 Å². The van der Waals surface area contributed by atoms with E-state index in [2.05, 4.69) is 26.1 Å². The maximum absolute atomic E-state index is 13.0. The SMILES string of the molecule is CCOc1ccc(C(=O)NC(=S)N(Cc2ccc(OCC(N)=O)c(OC)c2)C2CCCCC2)cc1Br. The van der Waals surface area contributed by atoms with Gasteiger partial charge in [-0.1, -0.05) is 25.3 Å². The highest BCUT2D eigenvalue weighted by Gasteiger charge is 2.25. The van der Waals surface area contributed by atoms with Gasteiger partial charge in [-0.05, 0) is 83.8 Å². The monoisotopic (exact) mass is 577 g/mol. The van der Waals surface area contributed by atoms with Crippen molar-refractivity contribution >= 4 is 45.1 Å². The summed E-state index contributed by atoms with van der Waals surface area (Å²) < 4.78 is 17.1. The van der Waals surface area contributed by atoms with Crippen LogP contribution in [-0.4, -0.2) is 48.2 Å². The maximum atomic E-state index is 13.0. The predicted molar refractivity (Wildman–Crippen MR) is 145 cm³/mol. The predicted octanol–water partition coefficient (Wildman–Crippen LogP) is 4.57. The van der Waals surface area contributed by atoms with Crippen LogP contribution in [0, 0.1) is 0 Å². The summed E-state index contributed by atoms with van der Waals surface area (Å²) in [5.41, 5.74) is 6.60. The smallest absolute Gasteiger partial charge is 0.257 e. The average Bonchev–Trinajstić information content (AvgIpc) is 2.87. The lowest BCUT2D eigenvalue weighted by molar-refractivity contribution is -0.119. The molecule has 2 aromatic carbocycles. The molecule has 0 heterocycles. The molecule has 0 bridgehead atoms. The standard InChI is InChI=1S/C26H32BrN3O5S/c1-3-34-21-12-10-18(14-20(21)27)25(32)29-26(36)30(19-7-5-4-6-8-19)15-17-9-11-22(23(13-17)33-2)35-16-24(28)31/h9-14,19H,3-8,15-16H2,1-2H3,(H2,28,31)(H,29,32,36). The van der Waals surface area contributed by atoms with E-state index in [4.69, 9.17) is 32.2 Å². The number of ether oxygens (including phenoxy) is 3. The number of nitrogens with two attached hydrogens (primary N) is 1. The molecule has 0 saturated heterocycles. The van der Waals surface area contributed by atoms with Gasteiger partial charge in [0.25, 0.3) is 11.8 Å². The van der Waals surface area contributed by atoms with Crippen molar-refractivity contribution < 1.29 is 23.8 Å². The molecule has 0 atom stereocenters. The van der Waals surface area contributed by atoms with Crippen molar-refractivity contribution in [2.75, 3.05) is 20.3 Å². The molecule has 0 aromatic heterocycles. The van der Waals surface area contributed by atoms with Gasteiger partial charge < -0.3 is 24.8 Å². The molecule has 2 aromatic rings. The number of thiocarbonyl (C=S) groups is 1. The minimum Gasteiger partial charge on any atom is -0.493 e. The van der Waals surface area contributed by atoms with Crippen molar-refractivity contribution in [3.8, 4) is 17.2 Å². The Morgan fingerprint density at radius 3 is 2.44 bits per heavy atom. The highest BCUT2D eigenvalue weighted by molar-refractivity contribution is 9.10. The molecule has 10 heteroatoms. The second-order valence-corrected chi connectivity index (χ2v) is 9.74. The van der Waals surface area contributed by atoms with E-state index in [1.165, 1.54) is 13.5 Å². The third-order valence-electron chi connectivity index (χ3n) is 5.94. The van der Waals surface area contributed by atoms with Crippen molar-refractivity contribution in [2.24, 2.45) is 5.73 Å². The van der Waals surface area contributed by atoms with Gasteiger partial charge in [-0.3, -0.25) is 14.9 Å². The quantitative estimate of drug-likeness (QED) is 0.398. The number of halogens is 1. The number of amides is 2. The summed E-state index contributed by atoms with van der Waals surface area (Å²) in [6.07, 6.45) is 5.44. The lowest BCUT2D eigenvalue weighted by Crippen LogP contribution is -2.48. The van der Waals surface area contributed by atoms with Crippen molar-refractivity contribution in [2.45, 2.75) is 51.6 Å². The number of primary amides is 1. The largest absolute Gasteiger partial charge is 0.493 e. The zero-order valence-electron chi connectivity index (χ0n) is 20.6. The Kier molecular flexibility index (Phi) is 10.4. The molecule has 36 heavy (non-hydrogen) atoms. The summed E-state index contributed by atoms with van der Waals surface area (Å²) in [5.74, 6) is 0.757. The molecular weight excluding hydrogens is 546 g/mol. The molecule has 2 amide bonds. The first-order chi connectivity index (χ1) is 17.3. The topological polar surface area (TPSA) is 103 Å². The number of nitrogens with one attached hydrogen (secondary N) is 1. The Balaban J connectivity index is 1.77. The lowest BCUT2D eigenvalue weighted by atomic mass is 9.94. The molecular formula is C26H32BrN3O5S. The van der Waals surface area contributed by atoms with E-state index >= 15 is 0 Å². The van der Waals surface area contributed by atoms with Gasteiger partial charge in [-0.15, -0.1) is 0 Å². The number of nitrogens with zero attached hydrogens (tertiary/aromatic N) is 1. The Bertz CT molecular complexity index is 1090. The summed E-state index contributed by atoms with van der Waals surface area (Å²) in [6.45, 7) is 2.70. The van der Waals surface area contributed by atoms with E-state index in [-0.39, 0.29) is 18.6 Å². The van der Waals surface area contributed by atoms with Crippen LogP contribution in [0.1, 0.15) is 54.9 Å². The van der Waals surface area contributed by atoms with Crippen molar-refractivity contribution in [3.05, 3.63) is 52.0 Å². The van der Waals surface area contributed by atoms with Crippen LogP contribution >= 0.6 is 28.1 Å². The molecule has 0 spiro atoms. The van der Waals surface area contributed by atoms with E-state index < -0.39 is 5.91 Å². The number of carbonyl (C=O) groups is 2. The average molecular weight is 579 g/mol. The molecule has 0 radical (unpaired) electrons. The Morgan fingerprint density at radius 1 is 1.08 bits per heavy atom. The molecule has 0 unspecified atom stereocenters. The second-order valence-electron chi connectivity index (χ2n) is 8.50. The normalized spacial score (nSPS) is 13.5. The molecule has 1 aliphatic rings. The highest BCUT2D eigenvalue weighted by Crippen LogP contribution is 2.31. The fraction of sp³-hybridized carbons (Fsp3) is 0.423.